The predicted molar refractivity (Wildman–Crippen MR) is 52.6 cm³/mol. The van der Waals surface area contributed by atoms with Gasteiger partial charge in [-0.2, -0.15) is 5.26 Å². The highest BCUT2D eigenvalue weighted by Gasteiger charge is 2.20. The fraction of sp³-hybridized carbons (Fsp3) is 0.500. The Morgan fingerprint density at radius 2 is 2.07 bits per heavy atom. The topological polar surface area (TPSA) is 52.8 Å². The van der Waals surface area contributed by atoms with E-state index in [4.69, 9.17) is 5.26 Å². The van der Waals surface area contributed by atoms with Gasteiger partial charge in [-0.05, 0) is 24.3 Å². The van der Waals surface area contributed by atoms with Crippen molar-refractivity contribution in [2.24, 2.45) is 0 Å². The highest BCUT2D eigenvalue weighted by molar-refractivity contribution is 5.34. The van der Waals surface area contributed by atoms with E-state index in [1.807, 2.05) is 18.6 Å². The minimum Gasteiger partial charge on any atom is -0.250 e. The number of nitrogens with zero attached hydrogens (tertiary/aromatic N) is 4. The Morgan fingerprint density at radius 1 is 1.43 bits per heavy atom. The molecular formula is C10H12N4. The Bertz CT molecular complexity index is 347. The summed E-state index contributed by atoms with van der Waals surface area (Å²) in [6.45, 7) is 0. The minimum absolute atomic E-state index is 0.468. The second kappa shape index (κ2) is 3.62. The third-order valence-electron chi connectivity index (χ3n) is 2.68. The van der Waals surface area contributed by atoms with Crippen molar-refractivity contribution in [2.45, 2.75) is 25.2 Å². The molecule has 1 fully saturated rings. The van der Waals surface area contributed by atoms with E-state index in [-0.39, 0.29) is 0 Å². The molecule has 1 aromatic heterocycles. The molecule has 2 rings (SSSR count). The van der Waals surface area contributed by atoms with E-state index in [1.54, 1.807) is 7.05 Å². The predicted octanol–water partition coefficient (Wildman–Crippen LogP) is 1.66. The van der Waals surface area contributed by atoms with E-state index in [1.165, 1.54) is 29.7 Å². The number of anilines is 1. The van der Waals surface area contributed by atoms with Gasteiger partial charge in [-0.25, -0.2) is 9.97 Å². The van der Waals surface area contributed by atoms with Gasteiger partial charge in [-0.3, -0.25) is 4.90 Å². The molecule has 0 aliphatic heterocycles. The number of hydrogen-bond donors (Lipinski definition) is 0. The number of rotatable bonds is 2. The first-order valence-electron chi connectivity index (χ1n) is 4.76. The number of nitriles is 1. The van der Waals surface area contributed by atoms with E-state index >= 15 is 0 Å². The molecule has 0 bridgehead atoms. The minimum atomic E-state index is 0.468. The average Bonchev–Trinajstić information content (AvgIpc) is 2.15. The van der Waals surface area contributed by atoms with Crippen LogP contribution >= 0.6 is 0 Å². The van der Waals surface area contributed by atoms with Crippen LogP contribution in [0.25, 0.3) is 0 Å². The standard InChI is InChI=1S/C10H12N4/c1-14(7-11)10-12-5-9(6-13-10)8-3-2-4-8/h5-6,8H,2-4H2,1H3. The average molecular weight is 188 g/mol. The van der Waals surface area contributed by atoms with Crippen LogP contribution in [0.5, 0.6) is 0 Å². The molecular weight excluding hydrogens is 176 g/mol. The van der Waals surface area contributed by atoms with Gasteiger partial charge in [0.25, 0.3) is 0 Å². The van der Waals surface area contributed by atoms with Crippen LogP contribution in [-0.4, -0.2) is 17.0 Å². The third kappa shape index (κ3) is 1.53. The van der Waals surface area contributed by atoms with Crippen molar-refractivity contribution in [3.05, 3.63) is 18.0 Å². The second-order valence-corrected chi connectivity index (χ2v) is 3.60. The monoisotopic (exact) mass is 188 g/mol. The summed E-state index contributed by atoms with van der Waals surface area (Å²) in [7, 11) is 1.65. The van der Waals surface area contributed by atoms with Crippen molar-refractivity contribution in [3.8, 4) is 6.19 Å². The maximum Gasteiger partial charge on any atom is 0.238 e. The van der Waals surface area contributed by atoms with Gasteiger partial charge in [-0.1, -0.05) is 6.42 Å². The Hall–Kier alpha value is -1.63. The Kier molecular flexibility index (Phi) is 2.32. The lowest BCUT2D eigenvalue weighted by molar-refractivity contribution is 0.418. The molecule has 1 aliphatic carbocycles. The SMILES string of the molecule is CN(C#N)c1ncc(C2CCC2)cn1. The van der Waals surface area contributed by atoms with Crippen molar-refractivity contribution in [1.29, 1.82) is 5.26 Å². The molecule has 1 aliphatic rings. The quantitative estimate of drug-likeness (QED) is 0.523. The van der Waals surface area contributed by atoms with Gasteiger partial charge in [0.15, 0.2) is 6.19 Å². The first-order chi connectivity index (χ1) is 6.81. The summed E-state index contributed by atoms with van der Waals surface area (Å²) in [5.41, 5.74) is 1.20. The first kappa shape index (κ1) is 8.95. The lowest BCUT2D eigenvalue weighted by atomic mass is 9.81. The summed E-state index contributed by atoms with van der Waals surface area (Å²) in [6, 6.07) is 0. The van der Waals surface area contributed by atoms with Crippen LogP contribution in [0.1, 0.15) is 30.7 Å². The summed E-state index contributed by atoms with van der Waals surface area (Å²) in [6.07, 6.45) is 9.44. The van der Waals surface area contributed by atoms with Crippen LogP contribution in [0.15, 0.2) is 12.4 Å². The lowest BCUT2D eigenvalue weighted by Gasteiger charge is -2.25. The lowest BCUT2D eigenvalue weighted by Crippen LogP contribution is -2.14. The van der Waals surface area contributed by atoms with E-state index in [0.29, 0.717) is 11.9 Å². The Labute approximate surface area is 83.2 Å². The van der Waals surface area contributed by atoms with E-state index in [9.17, 15) is 0 Å². The van der Waals surface area contributed by atoms with Gasteiger partial charge >= 0.3 is 0 Å². The zero-order valence-electron chi connectivity index (χ0n) is 8.14. The Morgan fingerprint density at radius 3 is 2.50 bits per heavy atom. The fourth-order valence-electron chi connectivity index (χ4n) is 1.50. The van der Waals surface area contributed by atoms with E-state index in [0.717, 1.165) is 0 Å². The molecule has 0 unspecified atom stereocenters. The maximum absolute atomic E-state index is 8.62. The molecule has 0 N–H and O–H groups in total. The highest BCUT2D eigenvalue weighted by atomic mass is 15.2. The maximum atomic E-state index is 8.62. The van der Waals surface area contributed by atoms with Crippen LogP contribution in [0.2, 0.25) is 0 Å². The van der Waals surface area contributed by atoms with Crippen molar-refractivity contribution in [1.82, 2.24) is 9.97 Å². The molecule has 0 atom stereocenters. The van der Waals surface area contributed by atoms with E-state index in [2.05, 4.69) is 9.97 Å². The van der Waals surface area contributed by atoms with Crippen LogP contribution in [0.4, 0.5) is 5.95 Å². The summed E-state index contributed by atoms with van der Waals surface area (Å²) >= 11 is 0. The van der Waals surface area contributed by atoms with Crippen LogP contribution in [0, 0.1) is 11.5 Å². The Balaban J connectivity index is 2.14. The highest BCUT2D eigenvalue weighted by Crippen LogP contribution is 2.35. The summed E-state index contributed by atoms with van der Waals surface area (Å²) in [4.78, 5) is 9.64. The van der Waals surface area contributed by atoms with Crippen LogP contribution in [-0.2, 0) is 0 Å². The van der Waals surface area contributed by atoms with Crippen molar-refractivity contribution in [3.63, 3.8) is 0 Å². The van der Waals surface area contributed by atoms with Gasteiger partial charge in [0.2, 0.25) is 5.95 Å². The number of hydrogen-bond acceptors (Lipinski definition) is 4. The molecule has 1 heterocycles. The molecule has 1 aromatic rings. The molecule has 72 valence electrons. The summed E-state index contributed by atoms with van der Waals surface area (Å²) in [5, 5.41) is 8.62. The van der Waals surface area contributed by atoms with Crippen LogP contribution in [0.3, 0.4) is 0 Å². The van der Waals surface area contributed by atoms with Crippen molar-refractivity contribution in [2.75, 3.05) is 11.9 Å². The smallest absolute Gasteiger partial charge is 0.238 e. The molecule has 14 heavy (non-hydrogen) atoms. The van der Waals surface area contributed by atoms with Crippen LogP contribution < -0.4 is 4.90 Å². The first-order valence-corrected chi connectivity index (χ1v) is 4.76. The van der Waals surface area contributed by atoms with Crippen molar-refractivity contribution >= 4 is 5.95 Å². The normalized spacial score (nSPS) is 15.7. The summed E-state index contributed by atoms with van der Waals surface area (Å²) in [5.74, 6) is 1.12. The molecule has 1 saturated carbocycles. The second-order valence-electron chi connectivity index (χ2n) is 3.60. The molecule has 0 aromatic carbocycles. The zero-order chi connectivity index (χ0) is 9.97. The summed E-state index contributed by atoms with van der Waals surface area (Å²) < 4.78 is 0. The molecule has 0 saturated heterocycles. The number of aromatic nitrogens is 2. The molecule has 4 heteroatoms. The van der Waals surface area contributed by atoms with Gasteiger partial charge in [-0.15, -0.1) is 0 Å². The van der Waals surface area contributed by atoms with Gasteiger partial charge < -0.3 is 0 Å². The zero-order valence-corrected chi connectivity index (χ0v) is 8.14. The fourth-order valence-corrected chi connectivity index (χ4v) is 1.50. The van der Waals surface area contributed by atoms with Crippen molar-refractivity contribution < 1.29 is 0 Å². The molecule has 0 radical (unpaired) electrons. The largest absolute Gasteiger partial charge is 0.250 e. The molecule has 0 amide bonds. The van der Waals surface area contributed by atoms with Gasteiger partial charge in [0.1, 0.15) is 0 Å². The third-order valence-corrected chi connectivity index (χ3v) is 2.68. The molecule has 4 nitrogen and oxygen atoms in total. The van der Waals surface area contributed by atoms with Gasteiger partial charge in [0, 0.05) is 19.4 Å². The molecule has 0 spiro atoms. The van der Waals surface area contributed by atoms with Gasteiger partial charge in [0.05, 0.1) is 0 Å². The van der Waals surface area contributed by atoms with E-state index < -0.39 is 0 Å².